The van der Waals surface area contributed by atoms with Gasteiger partial charge in [-0.15, -0.1) is 26.4 Å². The minimum absolute atomic E-state index is 0. The molecule has 0 aromatic rings. The van der Waals surface area contributed by atoms with Gasteiger partial charge in [-0.3, -0.25) is 0 Å². The maximum atomic E-state index is 9.60. The largest absolute Gasteiger partial charge is 4.00 e. The predicted octanol–water partition coefficient (Wildman–Crippen LogP) is 1.23. The summed E-state index contributed by atoms with van der Waals surface area (Å²) in [6.07, 6.45) is 7.46. The van der Waals surface area contributed by atoms with Gasteiger partial charge in [0.05, 0.1) is 0 Å². The van der Waals surface area contributed by atoms with Crippen molar-refractivity contribution in [1.29, 1.82) is 0 Å². The zero-order valence-electron chi connectivity index (χ0n) is 18.2. The van der Waals surface area contributed by atoms with Crippen molar-refractivity contribution in [1.82, 2.24) is 0 Å². The number of carboxylic acid groups (broad SMARTS) is 1. The van der Waals surface area contributed by atoms with Gasteiger partial charge in [0.25, 0.3) is 0 Å². The topological polar surface area (TPSA) is 130 Å². The van der Waals surface area contributed by atoms with E-state index in [0.717, 1.165) is 51.4 Å². The van der Waals surface area contributed by atoms with Crippen molar-refractivity contribution in [3.05, 3.63) is 12.2 Å². The fraction of sp³-hybridized carbons (Fsp3) is 0.850. The van der Waals surface area contributed by atoms with Crippen LogP contribution in [0.2, 0.25) is 0 Å². The van der Waals surface area contributed by atoms with Crippen molar-refractivity contribution >= 4 is 5.97 Å². The summed E-state index contributed by atoms with van der Waals surface area (Å²) < 4.78 is 0. The van der Waals surface area contributed by atoms with Crippen LogP contribution in [-0.2, 0) is 31.0 Å². The molecule has 0 saturated carbocycles. The molecular formula is C20H42O6Zr. The number of hydrogen-bond donors (Lipinski definition) is 1. The van der Waals surface area contributed by atoms with E-state index in [-0.39, 0.29) is 58.2 Å². The summed E-state index contributed by atoms with van der Waals surface area (Å²) in [6.45, 7) is 13.0. The van der Waals surface area contributed by atoms with Crippen LogP contribution >= 0.6 is 0 Å². The molecule has 0 unspecified atom stereocenters. The Morgan fingerprint density at radius 1 is 0.704 bits per heavy atom. The van der Waals surface area contributed by atoms with Gasteiger partial charge >= 0.3 is 32.2 Å². The molecule has 0 heterocycles. The predicted molar refractivity (Wildman–Crippen MR) is 102 cm³/mol. The summed E-state index contributed by atoms with van der Waals surface area (Å²) in [7, 11) is 0. The number of carbonyl (C=O) groups is 1. The maximum Gasteiger partial charge on any atom is 4.00 e. The molecule has 0 saturated heterocycles. The fourth-order valence-corrected chi connectivity index (χ4v) is 0.577. The molecule has 0 bridgehead atoms. The normalized spacial score (nSPS) is 7.89. The van der Waals surface area contributed by atoms with Crippen LogP contribution in [-0.4, -0.2) is 37.5 Å². The summed E-state index contributed by atoms with van der Waals surface area (Å²) in [5.41, 5.74) is 0.176. The second-order valence-electron chi connectivity index (χ2n) is 5.32. The van der Waals surface area contributed by atoms with E-state index in [0.29, 0.717) is 0 Å². The molecule has 0 aromatic heterocycles. The standard InChI is InChI=1S/C4H6O2.4C4H9O.Zr/c1-3(2)4(5)6;4*1-2-3-4-5;/h1H2,2H3,(H,5,6);4*2-4H2,1H3;/q;4*-1;+4. The molecule has 0 radical (unpaired) electrons. The molecule has 0 aliphatic rings. The molecular weight excluding hydrogens is 427 g/mol. The fourth-order valence-electron chi connectivity index (χ4n) is 0.577. The molecule has 0 aromatic carbocycles. The Hall–Kier alpha value is -0.0669. The van der Waals surface area contributed by atoms with E-state index in [9.17, 15) is 25.2 Å². The molecule has 0 aliphatic heterocycles. The Kier molecular flexibility index (Phi) is 76.7. The van der Waals surface area contributed by atoms with E-state index >= 15 is 0 Å². The van der Waals surface area contributed by atoms with E-state index in [1.807, 2.05) is 27.7 Å². The van der Waals surface area contributed by atoms with Gasteiger partial charge in [0.1, 0.15) is 0 Å². The van der Waals surface area contributed by atoms with Crippen molar-refractivity contribution in [2.24, 2.45) is 0 Å². The Balaban J connectivity index is -0.0000000507. The summed E-state index contributed by atoms with van der Waals surface area (Å²) in [6, 6.07) is 0. The molecule has 0 spiro atoms. The second-order valence-corrected chi connectivity index (χ2v) is 5.32. The first kappa shape index (κ1) is 41.3. The van der Waals surface area contributed by atoms with Gasteiger partial charge in [0, 0.05) is 5.57 Å². The van der Waals surface area contributed by atoms with Crippen molar-refractivity contribution < 1.29 is 56.5 Å². The van der Waals surface area contributed by atoms with E-state index in [2.05, 4.69) is 6.58 Å². The zero-order chi connectivity index (χ0) is 21.6. The Bertz CT molecular complexity index is 195. The molecule has 6 nitrogen and oxygen atoms in total. The number of unbranched alkanes of at least 4 members (excludes halogenated alkanes) is 4. The van der Waals surface area contributed by atoms with Gasteiger partial charge in [-0.25, -0.2) is 4.79 Å². The monoisotopic (exact) mass is 468 g/mol. The van der Waals surface area contributed by atoms with Crippen LogP contribution in [0.4, 0.5) is 0 Å². The first-order chi connectivity index (χ1) is 12.3. The SMILES string of the molecule is C=C(C)C(=O)O.CCCC[O-].CCCC[O-].CCCC[O-].CCCC[O-].[Zr+4]. The molecule has 162 valence electrons. The van der Waals surface area contributed by atoms with Crippen molar-refractivity contribution in [3.63, 3.8) is 0 Å². The maximum absolute atomic E-state index is 9.60. The van der Waals surface area contributed by atoms with E-state index in [1.54, 1.807) is 0 Å². The van der Waals surface area contributed by atoms with Crippen molar-refractivity contribution in [3.8, 4) is 0 Å². The van der Waals surface area contributed by atoms with Gasteiger partial charge in [0.2, 0.25) is 0 Å². The summed E-state index contributed by atoms with van der Waals surface area (Å²) >= 11 is 0. The van der Waals surface area contributed by atoms with Crippen LogP contribution in [0.1, 0.15) is 86.0 Å². The Morgan fingerprint density at radius 2 is 0.852 bits per heavy atom. The number of hydrogen-bond acceptors (Lipinski definition) is 5. The first-order valence-corrected chi connectivity index (χ1v) is 9.51. The van der Waals surface area contributed by atoms with Crippen molar-refractivity contribution in [2.45, 2.75) is 86.0 Å². The molecule has 0 fully saturated rings. The van der Waals surface area contributed by atoms with Crippen LogP contribution in [0.5, 0.6) is 0 Å². The van der Waals surface area contributed by atoms with Gasteiger partial charge < -0.3 is 25.5 Å². The number of aliphatic carboxylic acids is 1. The van der Waals surface area contributed by atoms with Gasteiger partial charge in [0.15, 0.2) is 0 Å². The number of rotatable bonds is 9. The summed E-state index contributed by atoms with van der Waals surface area (Å²) in [5.74, 6) is -0.935. The Morgan fingerprint density at radius 3 is 0.852 bits per heavy atom. The van der Waals surface area contributed by atoms with E-state index in [4.69, 9.17) is 5.11 Å². The average molecular weight is 470 g/mol. The minimum atomic E-state index is -0.935. The van der Waals surface area contributed by atoms with Crippen molar-refractivity contribution in [2.75, 3.05) is 26.4 Å². The summed E-state index contributed by atoms with van der Waals surface area (Å²) in [5, 5.41) is 46.0. The minimum Gasteiger partial charge on any atom is -0.854 e. The van der Waals surface area contributed by atoms with Crippen LogP contribution in [0.3, 0.4) is 0 Å². The van der Waals surface area contributed by atoms with E-state index in [1.165, 1.54) is 6.92 Å². The second kappa shape index (κ2) is 50.1. The van der Waals surface area contributed by atoms with Gasteiger partial charge in [-0.2, -0.15) is 0 Å². The molecule has 0 rings (SSSR count). The van der Waals surface area contributed by atoms with Gasteiger partial charge in [-0.1, -0.05) is 85.6 Å². The van der Waals surface area contributed by atoms with Gasteiger partial charge in [-0.05, 0) is 6.92 Å². The smallest absolute Gasteiger partial charge is 0.854 e. The Labute approximate surface area is 186 Å². The molecule has 0 atom stereocenters. The van der Waals surface area contributed by atoms with Crippen LogP contribution in [0.25, 0.3) is 0 Å². The molecule has 0 amide bonds. The third kappa shape index (κ3) is 104. The third-order valence-electron chi connectivity index (χ3n) is 2.36. The summed E-state index contributed by atoms with van der Waals surface area (Å²) in [4.78, 5) is 9.60. The van der Waals surface area contributed by atoms with E-state index < -0.39 is 5.97 Å². The molecule has 7 heteroatoms. The average Bonchev–Trinajstić information content (AvgIpc) is 2.60. The molecule has 0 aliphatic carbocycles. The quantitative estimate of drug-likeness (QED) is 0.506. The first-order valence-electron chi connectivity index (χ1n) is 9.51. The third-order valence-corrected chi connectivity index (χ3v) is 2.36. The molecule has 27 heavy (non-hydrogen) atoms. The zero-order valence-corrected chi connectivity index (χ0v) is 20.6. The number of carboxylic acids is 1. The van der Waals surface area contributed by atoms with Crippen LogP contribution in [0.15, 0.2) is 12.2 Å². The van der Waals surface area contributed by atoms with Crippen LogP contribution < -0.4 is 20.4 Å². The molecule has 1 N–H and O–H groups in total. The van der Waals surface area contributed by atoms with Crippen LogP contribution in [0, 0.1) is 0 Å².